The largest absolute Gasteiger partial charge is 0.354 e. The van der Waals surface area contributed by atoms with Gasteiger partial charge in [0.15, 0.2) is 5.13 Å². The van der Waals surface area contributed by atoms with E-state index in [1.807, 2.05) is 17.5 Å². The Balaban J connectivity index is 1.48. The van der Waals surface area contributed by atoms with Crippen molar-refractivity contribution in [3.05, 3.63) is 28.3 Å². The van der Waals surface area contributed by atoms with Crippen LogP contribution >= 0.6 is 22.7 Å². The summed E-state index contributed by atoms with van der Waals surface area (Å²) >= 11 is 3.62. The summed E-state index contributed by atoms with van der Waals surface area (Å²) in [4.78, 5) is 21.4. The molecule has 3 aromatic rings. The van der Waals surface area contributed by atoms with E-state index in [-0.39, 0.29) is 0 Å². The molecule has 3 aromatic heterocycles. The molecule has 0 N–H and O–H groups in total. The molecule has 25 heavy (non-hydrogen) atoms. The van der Waals surface area contributed by atoms with Crippen molar-refractivity contribution in [1.29, 1.82) is 0 Å². The summed E-state index contributed by atoms with van der Waals surface area (Å²) in [7, 11) is 0. The van der Waals surface area contributed by atoms with Crippen molar-refractivity contribution < 1.29 is 0 Å². The molecule has 1 fully saturated rings. The van der Waals surface area contributed by atoms with Gasteiger partial charge in [0.2, 0.25) is 0 Å². The Hall–Kier alpha value is -1.73. The Bertz CT molecular complexity index is 873. The van der Waals surface area contributed by atoms with Crippen molar-refractivity contribution in [2.24, 2.45) is 0 Å². The number of hydrogen-bond acceptors (Lipinski definition) is 7. The number of rotatable bonds is 2. The standard InChI is InChI=1S/C18H21N5S2/c1-2-5-14-13(4-1)15-16(20-12-21-17(15)25-14)22-7-3-8-23(10-9-22)18-19-6-11-24-18/h6,11-12H,1-5,7-10H2. The molecule has 0 saturated carbocycles. The molecule has 0 unspecified atom stereocenters. The van der Waals surface area contributed by atoms with E-state index in [1.165, 1.54) is 41.5 Å². The Labute approximate surface area is 155 Å². The first kappa shape index (κ1) is 15.5. The molecule has 0 amide bonds. The van der Waals surface area contributed by atoms with Gasteiger partial charge in [-0.1, -0.05) is 0 Å². The molecular weight excluding hydrogens is 350 g/mol. The van der Waals surface area contributed by atoms with Crippen molar-refractivity contribution in [2.75, 3.05) is 36.0 Å². The molecule has 0 aromatic carbocycles. The lowest BCUT2D eigenvalue weighted by molar-refractivity contribution is 0.699. The quantitative estimate of drug-likeness (QED) is 0.687. The fourth-order valence-electron chi connectivity index (χ4n) is 4.01. The van der Waals surface area contributed by atoms with Gasteiger partial charge in [0.25, 0.3) is 0 Å². The maximum Gasteiger partial charge on any atom is 0.185 e. The highest BCUT2D eigenvalue weighted by atomic mass is 32.1. The third kappa shape index (κ3) is 2.79. The lowest BCUT2D eigenvalue weighted by atomic mass is 9.97. The molecule has 0 bridgehead atoms. The zero-order valence-electron chi connectivity index (χ0n) is 14.1. The van der Waals surface area contributed by atoms with Gasteiger partial charge in [-0.2, -0.15) is 0 Å². The number of thiazole rings is 1. The van der Waals surface area contributed by atoms with E-state index in [0.29, 0.717) is 0 Å². The van der Waals surface area contributed by atoms with Crippen LogP contribution < -0.4 is 9.80 Å². The van der Waals surface area contributed by atoms with Gasteiger partial charge in [-0.3, -0.25) is 0 Å². The molecule has 5 rings (SSSR count). The van der Waals surface area contributed by atoms with E-state index in [1.54, 1.807) is 22.5 Å². The van der Waals surface area contributed by atoms with Crippen molar-refractivity contribution in [3.8, 4) is 0 Å². The first-order chi connectivity index (χ1) is 12.4. The third-order valence-corrected chi connectivity index (χ3v) is 7.25. The number of hydrogen-bond donors (Lipinski definition) is 0. The fourth-order valence-corrected chi connectivity index (χ4v) is 5.93. The van der Waals surface area contributed by atoms with Gasteiger partial charge in [0.1, 0.15) is 17.0 Å². The second kappa shape index (κ2) is 6.53. The number of anilines is 2. The SMILES string of the molecule is c1csc(N2CCCN(c3ncnc4sc5c(c34)CCCC5)CC2)n1. The number of aromatic nitrogens is 3. The normalized spacial score (nSPS) is 18.4. The van der Waals surface area contributed by atoms with Crippen molar-refractivity contribution in [2.45, 2.75) is 32.1 Å². The minimum absolute atomic E-state index is 0.996. The molecular formula is C18H21N5S2. The molecule has 130 valence electrons. The molecule has 1 saturated heterocycles. The smallest absolute Gasteiger partial charge is 0.185 e. The number of aryl methyl sites for hydroxylation is 2. The predicted octanol–water partition coefficient (Wildman–Crippen LogP) is 3.74. The van der Waals surface area contributed by atoms with Crippen LogP contribution in [0.15, 0.2) is 17.9 Å². The molecule has 0 atom stereocenters. The van der Waals surface area contributed by atoms with E-state index in [2.05, 4.69) is 25.1 Å². The van der Waals surface area contributed by atoms with Crippen LogP contribution in [-0.4, -0.2) is 41.1 Å². The lowest BCUT2D eigenvalue weighted by Crippen LogP contribution is -2.31. The lowest BCUT2D eigenvalue weighted by Gasteiger charge is -2.23. The molecule has 4 heterocycles. The van der Waals surface area contributed by atoms with Gasteiger partial charge >= 0.3 is 0 Å². The summed E-state index contributed by atoms with van der Waals surface area (Å²) in [5.74, 6) is 1.16. The van der Waals surface area contributed by atoms with Crippen LogP contribution in [0.5, 0.6) is 0 Å². The van der Waals surface area contributed by atoms with E-state index < -0.39 is 0 Å². The van der Waals surface area contributed by atoms with Crippen molar-refractivity contribution >= 4 is 43.8 Å². The van der Waals surface area contributed by atoms with Crippen LogP contribution in [0.2, 0.25) is 0 Å². The maximum atomic E-state index is 4.73. The molecule has 1 aliphatic heterocycles. The summed E-state index contributed by atoms with van der Waals surface area (Å²) in [6.45, 7) is 4.13. The minimum atomic E-state index is 0.996. The average molecular weight is 372 g/mol. The second-order valence-corrected chi connectivity index (χ2v) is 8.69. The van der Waals surface area contributed by atoms with E-state index in [0.717, 1.165) is 43.5 Å². The second-order valence-electron chi connectivity index (χ2n) is 6.73. The van der Waals surface area contributed by atoms with Gasteiger partial charge in [-0.05, 0) is 37.7 Å². The number of fused-ring (bicyclic) bond motifs is 3. The highest BCUT2D eigenvalue weighted by Crippen LogP contribution is 2.39. The average Bonchev–Trinajstić information content (AvgIpc) is 3.24. The molecule has 0 radical (unpaired) electrons. The van der Waals surface area contributed by atoms with Crippen molar-refractivity contribution in [3.63, 3.8) is 0 Å². The van der Waals surface area contributed by atoms with Crippen LogP contribution in [0, 0.1) is 0 Å². The Kier molecular flexibility index (Phi) is 4.06. The van der Waals surface area contributed by atoms with Crippen LogP contribution in [0.3, 0.4) is 0 Å². The fraction of sp³-hybridized carbons (Fsp3) is 0.500. The van der Waals surface area contributed by atoms with Gasteiger partial charge in [-0.25, -0.2) is 15.0 Å². The van der Waals surface area contributed by atoms with Gasteiger partial charge in [-0.15, -0.1) is 22.7 Å². The van der Waals surface area contributed by atoms with Crippen LogP contribution in [0.4, 0.5) is 10.9 Å². The topological polar surface area (TPSA) is 45.2 Å². The molecule has 1 aliphatic carbocycles. The highest BCUT2D eigenvalue weighted by molar-refractivity contribution is 7.19. The summed E-state index contributed by atoms with van der Waals surface area (Å²) in [6.07, 6.45) is 9.80. The third-order valence-electron chi connectivity index (χ3n) is 5.22. The summed E-state index contributed by atoms with van der Waals surface area (Å²) < 4.78 is 0. The monoisotopic (exact) mass is 371 g/mol. The maximum absolute atomic E-state index is 4.73. The zero-order chi connectivity index (χ0) is 16.6. The van der Waals surface area contributed by atoms with Gasteiger partial charge < -0.3 is 9.80 Å². The summed E-state index contributed by atoms with van der Waals surface area (Å²) in [5, 5.41) is 4.54. The molecule has 0 spiro atoms. The Morgan fingerprint density at radius 3 is 2.68 bits per heavy atom. The number of thiophene rings is 1. The van der Waals surface area contributed by atoms with E-state index in [4.69, 9.17) is 4.98 Å². The van der Waals surface area contributed by atoms with E-state index >= 15 is 0 Å². The van der Waals surface area contributed by atoms with E-state index in [9.17, 15) is 0 Å². The van der Waals surface area contributed by atoms with Crippen LogP contribution in [0.25, 0.3) is 10.2 Å². The molecule has 7 heteroatoms. The number of nitrogens with zero attached hydrogens (tertiary/aromatic N) is 5. The molecule has 5 nitrogen and oxygen atoms in total. The Morgan fingerprint density at radius 2 is 1.76 bits per heavy atom. The van der Waals surface area contributed by atoms with Crippen molar-refractivity contribution in [1.82, 2.24) is 15.0 Å². The zero-order valence-corrected chi connectivity index (χ0v) is 15.8. The summed E-state index contributed by atoms with van der Waals surface area (Å²) in [5.41, 5.74) is 1.53. The van der Waals surface area contributed by atoms with Crippen LogP contribution in [0.1, 0.15) is 29.7 Å². The van der Waals surface area contributed by atoms with Gasteiger partial charge in [0, 0.05) is 42.6 Å². The van der Waals surface area contributed by atoms with Crippen LogP contribution in [-0.2, 0) is 12.8 Å². The Morgan fingerprint density at radius 1 is 0.880 bits per heavy atom. The predicted molar refractivity (Wildman–Crippen MR) is 105 cm³/mol. The first-order valence-corrected chi connectivity index (χ1v) is 10.7. The summed E-state index contributed by atoms with van der Waals surface area (Å²) in [6, 6.07) is 0. The van der Waals surface area contributed by atoms with Gasteiger partial charge in [0.05, 0.1) is 5.39 Å². The molecule has 2 aliphatic rings. The highest BCUT2D eigenvalue weighted by Gasteiger charge is 2.24. The minimum Gasteiger partial charge on any atom is -0.354 e. The first-order valence-electron chi connectivity index (χ1n) is 9.05.